The standard InChI is InChI=1S/C17H14ClFN2O3S/c1-9-2-6-14(24-9)11-4-7-15(25(21,22)23)16(17(11)19)12-8-10(20)3-5-13(12)18/h2-8H,20H2,1H3,(H2,21,22,23). The predicted molar refractivity (Wildman–Crippen MR) is 95.1 cm³/mol. The molecule has 8 heteroatoms. The third-order valence-corrected chi connectivity index (χ3v) is 4.96. The molecule has 4 N–H and O–H groups in total. The summed E-state index contributed by atoms with van der Waals surface area (Å²) in [6.07, 6.45) is 0. The number of nitrogens with two attached hydrogens (primary N) is 2. The lowest BCUT2D eigenvalue weighted by Gasteiger charge is -2.14. The molecule has 3 aromatic rings. The van der Waals surface area contributed by atoms with Crippen molar-refractivity contribution in [1.82, 2.24) is 0 Å². The fourth-order valence-corrected chi connectivity index (χ4v) is 3.50. The zero-order valence-electron chi connectivity index (χ0n) is 13.1. The number of hydrogen-bond donors (Lipinski definition) is 2. The Hall–Kier alpha value is -2.35. The molecule has 0 radical (unpaired) electrons. The van der Waals surface area contributed by atoms with Crippen LogP contribution in [0.15, 0.2) is 51.8 Å². The second-order valence-corrected chi connectivity index (χ2v) is 7.43. The number of benzene rings is 2. The van der Waals surface area contributed by atoms with Gasteiger partial charge in [-0.05, 0) is 49.4 Å². The number of anilines is 1. The average Bonchev–Trinajstić information content (AvgIpc) is 2.95. The van der Waals surface area contributed by atoms with Crippen LogP contribution in [0.5, 0.6) is 0 Å². The predicted octanol–water partition coefficient (Wildman–Crippen LogP) is 3.94. The van der Waals surface area contributed by atoms with E-state index in [9.17, 15) is 8.42 Å². The maximum atomic E-state index is 15.3. The van der Waals surface area contributed by atoms with E-state index in [1.54, 1.807) is 19.1 Å². The second kappa shape index (κ2) is 6.18. The van der Waals surface area contributed by atoms with E-state index in [4.69, 9.17) is 26.9 Å². The van der Waals surface area contributed by atoms with Gasteiger partial charge >= 0.3 is 0 Å². The van der Waals surface area contributed by atoms with Gasteiger partial charge in [-0.3, -0.25) is 0 Å². The zero-order chi connectivity index (χ0) is 18.4. The highest BCUT2D eigenvalue weighted by Gasteiger charge is 2.25. The minimum absolute atomic E-state index is 0.0917. The lowest BCUT2D eigenvalue weighted by atomic mass is 10.00. The molecule has 0 spiro atoms. The van der Waals surface area contributed by atoms with Crippen LogP contribution in [0.2, 0.25) is 5.02 Å². The fourth-order valence-electron chi connectivity index (χ4n) is 2.55. The number of halogens is 2. The summed E-state index contributed by atoms with van der Waals surface area (Å²) < 4.78 is 44.6. The summed E-state index contributed by atoms with van der Waals surface area (Å²) in [7, 11) is -4.20. The Morgan fingerprint density at radius 3 is 2.40 bits per heavy atom. The van der Waals surface area contributed by atoms with Crippen LogP contribution < -0.4 is 10.9 Å². The minimum Gasteiger partial charge on any atom is -0.461 e. The van der Waals surface area contributed by atoms with Crippen LogP contribution in [-0.2, 0) is 10.0 Å². The number of sulfonamides is 1. The summed E-state index contributed by atoms with van der Waals surface area (Å²) in [5.41, 5.74) is 6.03. The first-order valence-electron chi connectivity index (χ1n) is 7.16. The Labute approximate surface area is 149 Å². The molecule has 0 aliphatic heterocycles. The van der Waals surface area contributed by atoms with Crippen LogP contribution >= 0.6 is 11.6 Å². The van der Waals surface area contributed by atoms with E-state index in [2.05, 4.69) is 0 Å². The Kier molecular flexibility index (Phi) is 4.32. The molecule has 0 bridgehead atoms. The molecule has 0 saturated carbocycles. The minimum atomic E-state index is -4.20. The quantitative estimate of drug-likeness (QED) is 0.672. The molecule has 2 aromatic carbocycles. The first-order valence-corrected chi connectivity index (χ1v) is 9.08. The molecular weight excluding hydrogens is 367 g/mol. The second-order valence-electron chi connectivity index (χ2n) is 5.49. The summed E-state index contributed by atoms with van der Waals surface area (Å²) in [5, 5.41) is 5.40. The Morgan fingerprint density at radius 2 is 1.80 bits per heavy atom. The molecule has 0 amide bonds. The van der Waals surface area contributed by atoms with Gasteiger partial charge in [0.15, 0.2) is 0 Å². The van der Waals surface area contributed by atoms with E-state index in [1.807, 2.05) is 0 Å². The highest BCUT2D eigenvalue weighted by atomic mass is 35.5. The van der Waals surface area contributed by atoms with Gasteiger partial charge in [0.05, 0.1) is 10.5 Å². The van der Waals surface area contributed by atoms with Gasteiger partial charge < -0.3 is 10.2 Å². The van der Waals surface area contributed by atoms with Crippen LogP contribution in [0.4, 0.5) is 10.1 Å². The summed E-state index contributed by atoms with van der Waals surface area (Å²) in [5.74, 6) is 0.0408. The first kappa shape index (κ1) is 17.5. The molecule has 0 aliphatic carbocycles. The molecule has 0 fully saturated rings. The first-order chi connectivity index (χ1) is 11.7. The smallest absolute Gasteiger partial charge is 0.238 e. The highest BCUT2D eigenvalue weighted by molar-refractivity contribution is 7.89. The Morgan fingerprint density at radius 1 is 1.08 bits per heavy atom. The van der Waals surface area contributed by atoms with Gasteiger partial charge in [-0.1, -0.05) is 11.6 Å². The number of aryl methyl sites for hydroxylation is 1. The number of nitrogen functional groups attached to an aromatic ring is 1. The summed E-state index contributed by atoms with van der Waals surface area (Å²) >= 11 is 6.15. The van der Waals surface area contributed by atoms with Crippen LogP contribution in [-0.4, -0.2) is 8.42 Å². The fraction of sp³-hybridized carbons (Fsp3) is 0.0588. The molecule has 0 saturated heterocycles. The van der Waals surface area contributed by atoms with Crippen LogP contribution in [0, 0.1) is 12.7 Å². The zero-order valence-corrected chi connectivity index (χ0v) is 14.7. The molecule has 1 aromatic heterocycles. The van der Waals surface area contributed by atoms with Crippen molar-refractivity contribution in [2.45, 2.75) is 11.8 Å². The molecule has 1 heterocycles. The molecule has 25 heavy (non-hydrogen) atoms. The van der Waals surface area contributed by atoms with Gasteiger partial charge in [-0.25, -0.2) is 17.9 Å². The van der Waals surface area contributed by atoms with Gasteiger partial charge in [0.2, 0.25) is 10.0 Å². The molecule has 0 unspecified atom stereocenters. The summed E-state index contributed by atoms with van der Waals surface area (Å²) in [6, 6.07) is 10.2. The molecular formula is C17H14ClFN2O3S. The largest absolute Gasteiger partial charge is 0.461 e. The molecule has 3 rings (SSSR count). The van der Waals surface area contributed by atoms with Crippen molar-refractivity contribution in [3.05, 3.63) is 59.1 Å². The van der Waals surface area contributed by atoms with Gasteiger partial charge in [0, 0.05) is 21.8 Å². The van der Waals surface area contributed by atoms with E-state index < -0.39 is 15.8 Å². The summed E-state index contributed by atoms with van der Waals surface area (Å²) in [4.78, 5) is -0.385. The molecule has 0 aliphatic rings. The van der Waals surface area contributed by atoms with Crippen molar-refractivity contribution in [1.29, 1.82) is 0 Å². The van der Waals surface area contributed by atoms with Crippen LogP contribution in [0.25, 0.3) is 22.5 Å². The lowest BCUT2D eigenvalue weighted by molar-refractivity contribution is 0.540. The van der Waals surface area contributed by atoms with E-state index in [0.717, 1.165) is 0 Å². The van der Waals surface area contributed by atoms with E-state index >= 15 is 4.39 Å². The number of primary sulfonamides is 1. The van der Waals surface area contributed by atoms with E-state index in [0.29, 0.717) is 11.4 Å². The monoisotopic (exact) mass is 380 g/mol. The van der Waals surface area contributed by atoms with Crippen molar-refractivity contribution >= 4 is 27.3 Å². The third kappa shape index (κ3) is 3.26. The van der Waals surface area contributed by atoms with Crippen molar-refractivity contribution in [2.24, 2.45) is 5.14 Å². The molecule has 0 atom stereocenters. The van der Waals surface area contributed by atoms with Gasteiger partial charge in [-0.15, -0.1) is 0 Å². The Balaban J connectivity index is 2.39. The maximum Gasteiger partial charge on any atom is 0.238 e. The van der Waals surface area contributed by atoms with E-state index in [-0.39, 0.29) is 32.4 Å². The van der Waals surface area contributed by atoms with Crippen molar-refractivity contribution in [2.75, 3.05) is 5.73 Å². The van der Waals surface area contributed by atoms with Crippen LogP contribution in [0.1, 0.15) is 5.76 Å². The van der Waals surface area contributed by atoms with Gasteiger partial charge in [0.25, 0.3) is 0 Å². The van der Waals surface area contributed by atoms with Crippen molar-refractivity contribution < 1.29 is 17.2 Å². The van der Waals surface area contributed by atoms with Crippen molar-refractivity contribution in [3.63, 3.8) is 0 Å². The third-order valence-electron chi connectivity index (χ3n) is 3.68. The number of hydrogen-bond acceptors (Lipinski definition) is 4. The number of rotatable bonds is 3. The normalized spacial score (nSPS) is 11.7. The topological polar surface area (TPSA) is 99.3 Å². The van der Waals surface area contributed by atoms with Crippen molar-refractivity contribution in [3.8, 4) is 22.5 Å². The van der Waals surface area contributed by atoms with E-state index in [1.165, 1.54) is 30.3 Å². The maximum absolute atomic E-state index is 15.3. The average molecular weight is 381 g/mol. The van der Waals surface area contributed by atoms with Gasteiger partial charge in [0.1, 0.15) is 17.3 Å². The highest BCUT2D eigenvalue weighted by Crippen LogP contribution is 2.39. The summed E-state index contributed by atoms with van der Waals surface area (Å²) in [6.45, 7) is 1.72. The van der Waals surface area contributed by atoms with Crippen LogP contribution in [0.3, 0.4) is 0 Å². The van der Waals surface area contributed by atoms with Gasteiger partial charge in [-0.2, -0.15) is 0 Å². The SMILES string of the molecule is Cc1ccc(-c2ccc(S(N)(=O)=O)c(-c3cc(N)ccc3Cl)c2F)o1. The lowest BCUT2D eigenvalue weighted by Crippen LogP contribution is -2.14. The molecule has 5 nitrogen and oxygen atoms in total. The Bertz CT molecular complexity index is 1080. The molecule has 130 valence electrons. The number of furan rings is 1.